The minimum absolute atomic E-state index is 0.158. The van der Waals surface area contributed by atoms with E-state index < -0.39 is 0 Å². The summed E-state index contributed by atoms with van der Waals surface area (Å²) >= 11 is 0. The molecule has 2 aliphatic rings. The van der Waals surface area contributed by atoms with Crippen LogP contribution < -0.4 is 18.9 Å². The lowest BCUT2D eigenvalue weighted by Gasteiger charge is -2.42. The van der Waals surface area contributed by atoms with Crippen LogP contribution in [0.25, 0.3) is 0 Å². The van der Waals surface area contributed by atoms with Crippen molar-refractivity contribution in [1.29, 1.82) is 0 Å². The summed E-state index contributed by atoms with van der Waals surface area (Å²) in [6.07, 6.45) is 1.65. The molecule has 2 aromatic rings. The first-order valence-electron chi connectivity index (χ1n) is 9.91. The number of hydrogen-bond acceptors (Lipinski definition) is 7. The Morgan fingerprint density at radius 1 is 0.933 bits per heavy atom. The zero-order chi connectivity index (χ0) is 21.4. The smallest absolute Gasteiger partial charge is 0.308 e. The molecule has 0 aliphatic carbocycles. The Balaban J connectivity index is 1.73. The minimum Gasteiger partial charge on any atom is -0.493 e. The Kier molecular flexibility index (Phi) is 5.39. The third-order valence-electron chi connectivity index (χ3n) is 5.70. The largest absolute Gasteiger partial charge is 0.493 e. The van der Waals surface area contributed by atoms with Crippen LogP contribution in [0.3, 0.4) is 0 Å². The fraction of sp³-hybridized carbons (Fsp3) is 0.391. The molecular weight excluding hydrogens is 386 g/mol. The fourth-order valence-electron chi connectivity index (χ4n) is 4.47. The number of benzene rings is 2. The lowest BCUT2D eigenvalue weighted by atomic mass is 9.83. The van der Waals surface area contributed by atoms with Crippen LogP contribution in [0.15, 0.2) is 24.3 Å². The number of fused-ring (bicyclic) bond motifs is 4. The van der Waals surface area contributed by atoms with E-state index in [2.05, 4.69) is 4.90 Å². The summed E-state index contributed by atoms with van der Waals surface area (Å²) in [6.45, 7) is 4.33. The average molecular weight is 411 g/mol. The highest BCUT2D eigenvalue weighted by molar-refractivity contribution is 5.72. The predicted molar refractivity (Wildman–Crippen MR) is 109 cm³/mol. The molecule has 1 unspecified atom stereocenters. The number of carbonyl (C=O) groups is 2. The van der Waals surface area contributed by atoms with Crippen molar-refractivity contribution in [2.75, 3.05) is 20.8 Å². The molecule has 0 bridgehead atoms. The molecule has 0 saturated carbocycles. The van der Waals surface area contributed by atoms with Crippen LogP contribution in [0.4, 0.5) is 0 Å². The van der Waals surface area contributed by atoms with Crippen LogP contribution in [0.5, 0.6) is 23.0 Å². The van der Waals surface area contributed by atoms with Gasteiger partial charge in [-0.3, -0.25) is 14.5 Å². The van der Waals surface area contributed by atoms with Gasteiger partial charge in [-0.15, -0.1) is 0 Å². The third kappa shape index (κ3) is 3.61. The van der Waals surface area contributed by atoms with Gasteiger partial charge in [-0.05, 0) is 47.7 Å². The highest BCUT2D eigenvalue weighted by atomic mass is 16.6. The molecule has 4 rings (SSSR count). The molecule has 0 saturated heterocycles. The maximum Gasteiger partial charge on any atom is 0.308 e. The SMILES string of the molecule is COc1cc2c(cc1OC(C)=O)C1Cc3ccc(OC(C)=O)c(OC)c3CN1CC2. The van der Waals surface area contributed by atoms with E-state index in [4.69, 9.17) is 18.9 Å². The summed E-state index contributed by atoms with van der Waals surface area (Å²) in [5, 5.41) is 0. The van der Waals surface area contributed by atoms with Gasteiger partial charge in [0.05, 0.1) is 14.2 Å². The first kappa shape index (κ1) is 20.2. The lowest BCUT2D eigenvalue weighted by Crippen LogP contribution is -2.39. The Labute approximate surface area is 175 Å². The van der Waals surface area contributed by atoms with Crippen LogP contribution in [-0.4, -0.2) is 37.6 Å². The highest BCUT2D eigenvalue weighted by Crippen LogP contribution is 2.45. The number of rotatable bonds is 4. The normalized spacial score (nSPS) is 17.3. The molecule has 1 atom stereocenters. The highest BCUT2D eigenvalue weighted by Gasteiger charge is 2.35. The monoisotopic (exact) mass is 411 g/mol. The second-order valence-corrected chi connectivity index (χ2v) is 7.56. The number of carbonyl (C=O) groups excluding carboxylic acids is 2. The molecule has 2 aliphatic heterocycles. The van der Waals surface area contributed by atoms with Gasteiger partial charge in [-0.2, -0.15) is 0 Å². The lowest BCUT2D eigenvalue weighted by molar-refractivity contribution is -0.132. The molecule has 158 valence electrons. The zero-order valence-electron chi connectivity index (χ0n) is 17.6. The van der Waals surface area contributed by atoms with Crippen molar-refractivity contribution in [1.82, 2.24) is 4.90 Å². The van der Waals surface area contributed by atoms with E-state index in [1.54, 1.807) is 20.3 Å². The van der Waals surface area contributed by atoms with E-state index in [1.165, 1.54) is 19.4 Å². The van der Waals surface area contributed by atoms with E-state index >= 15 is 0 Å². The summed E-state index contributed by atoms with van der Waals surface area (Å²) in [6, 6.07) is 7.85. The van der Waals surface area contributed by atoms with Crippen molar-refractivity contribution < 1.29 is 28.5 Å². The van der Waals surface area contributed by atoms with Gasteiger partial charge < -0.3 is 18.9 Å². The van der Waals surface area contributed by atoms with Crippen molar-refractivity contribution in [2.24, 2.45) is 0 Å². The molecule has 0 spiro atoms. The fourth-order valence-corrected chi connectivity index (χ4v) is 4.47. The first-order chi connectivity index (χ1) is 14.4. The summed E-state index contributed by atoms with van der Waals surface area (Å²) in [5.41, 5.74) is 4.55. The Morgan fingerprint density at radius 2 is 1.67 bits per heavy atom. The van der Waals surface area contributed by atoms with Crippen LogP contribution >= 0.6 is 0 Å². The molecule has 30 heavy (non-hydrogen) atoms. The molecule has 7 nitrogen and oxygen atoms in total. The molecular formula is C23H25NO6. The van der Waals surface area contributed by atoms with Crippen molar-refractivity contribution >= 4 is 11.9 Å². The van der Waals surface area contributed by atoms with Crippen LogP contribution in [0.1, 0.15) is 42.1 Å². The van der Waals surface area contributed by atoms with Crippen molar-refractivity contribution in [3.8, 4) is 23.0 Å². The van der Waals surface area contributed by atoms with Gasteiger partial charge in [0.15, 0.2) is 23.0 Å². The van der Waals surface area contributed by atoms with Crippen LogP contribution in [0, 0.1) is 0 Å². The summed E-state index contributed by atoms with van der Waals surface area (Å²) in [7, 11) is 3.17. The molecule has 0 radical (unpaired) electrons. The summed E-state index contributed by atoms with van der Waals surface area (Å²) in [4.78, 5) is 25.4. The molecule has 0 amide bonds. The average Bonchev–Trinajstić information content (AvgIpc) is 2.71. The second kappa shape index (κ2) is 7.99. The predicted octanol–water partition coefficient (Wildman–Crippen LogP) is 3.21. The Morgan fingerprint density at radius 3 is 2.33 bits per heavy atom. The van der Waals surface area contributed by atoms with Gasteiger partial charge in [0.25, 0.3) is 0 Å². The third-order valence-corrected chi connectivity index (χ3v) is 5.70. The molecule has 0 fully saturated rings. The first-order valence-corrected chi connectivity index (χ1v) is 9.91. The Hall–Kier alpha value is -3.06. The van der Waals surface area contributed by atoms with Gasteiger partial charge in [0.2, 0.25) is 0 Å². The van der Waals surface area contributed by atoms with Gasteiger partial charge in [-0.25, -0.2) is 0 Å². The van der Waals surface area contributed by atoms with E-state index in [0.29, 0.717) is 29.5 Å². The standard InChI is InChI=1S/C23H25NO6/c1-13(25)29-20-6-5-15-9-19-17-11-22(30-14(2)26)21(27-3)10-16(17)7-8-24(19)12-18(15)23(20)28-4/h5-6,10-11,19H,7-9,12H2,1-4H3. The molecule has 0 aromatic heterocycles. The van der Waals surface area contributed by atoms with E-state index in [0.717, 1.165) is 36.1 Å². The van der Waals surface area contributed by atoms with E-state index in [9.17, 15) is 9.59 Å². The molecule has 2 heterocycles. The summed E-state index contributed by atoms with van der Waals surface area (Å²) < 4.78 is 21.8. The topological polar surface area (TPSA) is 74.3 Å². The van der Waals surface area contributed by atoms with Gasteiger partial charge in [0.1, 0.15) is 0 Å². The van der Waals surface area contributed by atoms with Crippen LogP contribution in [0.2, 0.25) is 0 Å². The van der Waals surface area contributed by atoms with Gasteiger partial charge >= 0.3 is 11.9 Å². The van der Waals surface area contributed by atoms with Gasteiger partial charge in [0, 0.05) is 38.5 Å². The number of esters is 2. The van der Waals surface area contributed by atoms with E-state index in [1.807, 2.05) is 18.2 Å². The maximum absolute atomic E-state index is 11.5. The van der Waals surface area contributed by atoms with Crippen molar-refractivity contribution in [3.63, 3.8) is 0 Å². The Bertz CT molecular complexity index is 1020. The van der Waals surface area contributed by atoms with E-state index in [-0.39, 0.29) is 18.0 Å². The van der Waals surface area contributed by atoms with Gasteiger partial charge in [-0.1, -0.05) is 6.07 Å². The number of nitrogens with zero attached hydrogens (tertiary/aromatic N) is 1. The van der Waals surface area contributed by atoms with Crippen LogP contribution in [-0.2, 0) is 29.0 Å². The maximum atomic E-state index is 11.5. The summed E-state index contributed by atoms with van der Waals surface area (Å²) in [5.74, 6) is 1.32. The molecule has 7 heteroatoms. The van der Waals surface area contributed by atoms with Crippen molar-refractivity contribution in [3.05, 3.63) is 46.5 Å². The van der Waals surface area contributed by atoms with Crippen molar-refractivity contribution in [2.45, 2.75) is 39.3 Å². The number of ether oxygens (including phenoxy) is 4. The molecule has 2 aromatic carbocycles. The quantitative estimate of drug-likeness (QED) is 0.565. The minimum atomic E-state index is -0.377. The number of methoxy groups -OCH3 is 2. The zero-order valence-corrected chi connectivity index (χ0v) is 17.6. The number of hydrogen-bond donors (Lipinski definition) is 0. The second-order valence-electron chi connectivity index (χ2n) is 7.56. The molecule has 0 N–H and O–H groups in total.